The highest BCUT2D eigenvalue weighted by molar-refractivity contribution is 7.90. The number of pyridine rings is 1. The summed E-state index contributed by atoms with van der Waals surface area (Å²) in [5.41, 5.74) is 1.82. The van der Waals surface area contributed by atoms with Crippen LogP contribution < -0.4 is 5.32 Å². The number of aromatic nitrogens is 3. The third kappa shape index (κ3) is 5.14. The second kappa shape index (κ2) is 9.76. The van der Waals surface area contributed by atoms with Gasteiger partial charge in [0.25, 0.3) is 0 Å². The minimum atomic E-state index is -3.20. The van der Waals surface area contributed by atoms with Crippen LogP contribution in [-0.2, 0) is 21.1 Å². The van der Waals surface area contributed by atoms with Crippen LogP contribution in [0.1, 0.15) is 30.3 Å². The minimum absolute atomic E-state index is 0.0207. The first kappa shape index (κ1) is 22.4. The van der Waals surface area contributed by atoms with Crippen molar-refractivity contribution < 1.29 is 17.7 Å². The molecule has 9 nitrogen and oxygen atoms in total. The lowest BCUT2D eigenvalue weighted by molar-refractivity contribution is 0.201. The monoisotopic (exact) mass is 457 g/mol. The average molecular weight is 458 g/mol. The molecule has 32 heavy (non-hydrogen) atoms. The van der Waals surface area contributed by atoms with Crippen molar-refractivity contribution in [2.45, 2.75) is 30.3 Å². The fraction of sp³-hybridized carbons (Fsp3) is 0.409. The molecule has 0 unspecified atom stereocenters. The first-order chi connectivity index (χ1) is 15.5. The molecule has 0 radical (unpaired) electrons. The first-order valence-electron chi connectivity index (χ1n) is 10.5. The fourth-order valence-electron chi connectivity index (χ4n) is 3.85. The van der Waals surface area contributed by atoms with Gasteiger partial charge in [-0.05, 0) is 49.2 Å². The Morgan fingerprint density at radius 3 is 2.81 bits per heavy atom. The SMILES string of the molecule is COCCNc1ncccc1-c1noc([C@H]2CCCN2Cc2ccc(S(C)(=O)=O)cc2)n1. The topological polar surface area (TPSA) is 110 Å². The summed E-state index contributed by atoms with van der Waals surface area (Å²) >= 11 is 0. The lowest BCUT2D eigenvalue weighted by atomic mass is 10.2. The first-order valence-corrected chi connectivity index (χ1v) is 12.4. The molecule has 1 N–H and O–H groups in total. The maximum Gasteiger partial charge on any atom is 0.244 e. The number of hydrogen-bond donors (Lipinski definition) is 1. The van der Waals surface area contributed by atoms with Crippen LogP contribution in [0.15, 0.2) is 52.0 Å². The Bertz CT molecular complexity index is 1150. The quantitative estimate of drug-likeness (QED) is 0.485. The van der Waals surface area contributed by atoms with Crippen molar-refractivity contribution in [2.24, 2.45) is 0 Å². The molecule has 0 saturated carbocycles. The number of rotatable bonds is 9. The summed E-state index contributed by atoms with van der Waals surface area (Å²) in [7, 11) is -1.55. The van der Waals surface area contributed by atoms with Gasteiger partial charge >= 0.3 is 0 Å². The van der Waals surface area contributed by atoms with Crippen LogP contribution >= 0.6 is 0 Å². The Labute approximate surface area is 187 Å². The highest BCUT2D eigenvalue weighted by Crippen LogP contribution is 2.34. The molecule has 4 rings (SSSR count). The Morgan fingerprint density at radius 1 is 1.25 bits per heavy atom. The third-order valence-corrected chi connectivity index (χ3v) is 6.60. The maximum atomic E-state index is 11.7. The number of ether oxygens (including phenoxy) is 1. The van der Waals surface area contributed by atoms with Crippen molar-refractivity contribution >= 4 is 15.7 Å². The zero-order chi connectivity index (χ0) is 22.6. The van der Waals surface area contributed by atoms with Gasteiger partial charge in [-0.15, -0.1) is 0 Å². The molecular formula is C22H27N5O4S. The molecule has 1 atom stereocenters. The van der Waals surface area contributed by atoms with E-state index in [0.29, 0.717) is 42.1 Å². The summed E-state index contributed by atoms with van der Waals surface area (Å²) in [6.45, 7) is 2.78. The number of likely N-dealkylation sites (tertiary alicyclic amines) is 1. The van der Waals surface area contributed by atoms with Crippen LogP contribution in [0.3, 0.4) is 0 Å². The Morgan fingerprint density at radius 2 is 2.06 bits per heavy atom. The molecule has 0 aliphatic carbocycles. The predicted octanol–water partition coefficient (Wildman–Crippen LogP) is 2.93. The van der Waals surface area contributed by atoms with Gasteiger partial charge < -0.3 is 14.6 Å². The number of nitrogens with zero attached hydrogens (tertiary/aromatic N) is 4. The summed E-state index contributed by atoms with van der Waals surface area (Å²) in [5, 5.41) is 7.45. The van der Waals surface area contributed by atoms with E-state index < -0.39 is 9.84 Å². The van der Waals surface area contributed by atoms with E-state index in [1.54, 1.807) is 25.4 Å². The highest BCUT2D eigenvalue weighted by atomic mass is 32.2. The molecule has 0 amide bonds. The molecule has 3 aromatic rings. The summed E-state index contributed by atoms with van der Waals surface area (Å²) in [5.74, 6) is 1.76. The Balaban J connectivity index is 1.49. The molecule has 0 bridgehead atoms. The van der Waals surface area contributed by atoms with Crippen molar-refractivity contribution in [1.29, 1.82) is 0 Å². The normalized spacial score (nSPS) is 17.0. The summed E-state index contributed by atoms with van der Waals surface area (Å²) in [4.78, 5) is 11.7. The predicted molar refractivity (Wildman–Crippen MR) is 120 cm³/mol. The van der Waals surface area contributed by atoms with Gasteiger partial charge in [0.1, 0.15) is 5.82 Å². The van der Waals surface area contributed by atoms with Crippen molar-refractivity contribution in [1.82, 2.24) is 20.0 Å². The van der Waals surface area contributed by atoms with Gasteiger partial charge in [-0.2, -0.15) is 4.98 Å². The van der Waals surface area contributed by atoms with Gasteiger partial charge in [0.15, 0.2) is 9.84 Å². The maximum absolute atomic E-state index is 11.7. The van der Waals surface area contributed by atoms with Gasteiger partial charge in [0.2, 0.25) is 11.7 Å². The molecule has 0 spiro atoms. The number of benzene rings is 1. The van der Waals surface area contributed by atoms with E-state index in [0.717, 1.165) is 30.5 Å². The van der Waals surface area contributed by atoms with E-state index in [2.05, 4.69) is 25.3 Å². The minimum Gasteiger partial charge on any atom is -0.383 e. The Hall–Kier alpha value is -2.82. The van der Waals surface area contributed by atoms with Crippen LogP contribution in [0.4, 0.5) is 5.82 Å². The van der Waals surface area contributed by atoms with Gasteiger partial charge in [-0.25, -0.2) is 13.4 Å². The van der Waals surface area contributed by atoms with E-state index in [-0.39, 0.29) is 6.04 Å². The molecule has 1 saturated heterocycles. The molecule has 10 heteroatoms. The average Bonchev–Trinajstić information content (AvgIpc) is 3.43. The Kier molecular flexibility index (Phi) is 6.83. The van der Waals surface area contributed by atoms with Crippen LogP contribution in [0, 0.1) is 0 Å². The summed E-state index contributed by atoms with van der Waals surface area (Å²) in [6, 6.07) is 10.8. The second-order valence-electron chi connectivity index (χ2n) is 7.82. The van der Waals surface area contributed by atoms with Crippen LogP contribution in [-0.4, -0.2) is 61.5 Å². The van der Waals surface area contributed by atoms with E-state index in [1.807, 2.05) is 24.3 Å². The zero-order valence-electron chi connectivity index (χ0n) is 18.2. The van der Waals surface area contributed by atoms with Crippen molar-refractivity contribution in [2.75, 3.05) is 38.4 Å². The number of anilines is 1. The lowest BCUT2D eigenvalue weighted by Gasteiger charge is -2.21. The molecule has 1 fully saturated rings. The molecule has 1 aliphatic rings. The number of hydrogen-bond acceptors (Lipinski definition) is 9. The molecule has 1 aliphatic heterocycles. The van der Waals surface area contributed by atoms with Crippen LogP contribution in [0.5, 0.6) is 0 Å². The van der Waals surface area contributed by atoms with Crippen molar-refractivity contribution in [3.05, 3.63) is 54.0 Å². The number of nitrogens with one attached hydrogen (secondary N) is 1. The van der Waals surface area contributed by atoms with Gasteiger partial charge in [0.05, 0.1) is 23.1 Å². The highest BCUT2D eigenvalue weighted by Gasteiger charge is 2.31. The van der Waals surface area contributed by atoms with Crippen molar-refractivity contribution in [3.8, 4) is 11.4 Å². The van der Waals surface area contributed by atoms with E-state index >= 15 is 0 Å². The van der Waals surface area contributed by atoms with E-state index in [1.165, 1.54) is 6.26 Å². The summed E-state index contributed by atoms with van der Waals surface area (Å²) < 4.78 is 34.1. The van der Waals surface area contributed by atoms with E-state index in [9.17, 15) is 8.42 Å². The van der Waals surface area contributed by atoms with Gasteiger partial charge in [-0.3, -0.25) is 4.90 Å². The number of methoxy groups -OCH3 is 1. The second-order valence-corrected chi connectivity index (χ2v) is 9.84. The van der Waals surface area contributed by atoms with Crippen LogP contribution in [0.2, 0.25) is 0 Å². The smallest absolute Gasteiger partial charge is 0.244 e. The fourth-order valence-corrected chi connectivity index (χ4v) is 4.48. The molecular weight excluding hydrogens is 430 g/mol. The molecule has 2 aromatic heterocycles. The van der Waals surface area contributed by atoms with E-state index in [4.69, 9.17) is 9.26 Å². The van der Waals surface area contributed by atoms with Crippen LogP contribution in [0.25, 0.3) is 11.4 Å². The third-order valence-electron chi connectivity index (χ3n) is 5.47. The standard InChI is InChI=1S/C22H27N5O4S/c1-30-14-12-24-20-18(5-3-11-23-20)21-25-22(31-26-21)19-6-4-13-27(19)15-16-7-9-17(10-8-16)32(2,28)29/h3,5,7-11,19H,4,6,12-15H2,1-2H3,(H,23,24)/t19-/m1/s1. The number of sulfone groups is 1. The zero-order valence-corrected chi connectivity index (χ0v) is 19.0. The molecule has 3 heterocycles. The largest absolute Gasteiger partial charge is 0.383 e. The molecule has 170 valence electrons. The van der Waals surface area contributed by atoms with Gasteiger partial charge in [-0.1, -0.05) is 17.3 Å². The van der Waals surface area contributed by atoms with Crippen molar-refractivity contribution in [3.63, 3.8) is 0 Å². The van der Waals surface area contributed by atoms with Gasteiger partial charge in [0, 0.05) is 32.7 Å². The molecule has 1 aromatic carbocycles. The lowest BCUT2D eigenvalue weighted by Crippen LogP contribution is -2.23. The summed E-state index contributed by atoms with van der Waals surface area (Å²) in [6.07, 6.45) is 4.88.